The summed E-state index contributed by atoms with van der Waals surface area (Å²) in [6.45, 7) is 4.32. The molecule has 0 spiro atoms. The molecule has 11 heteroatoms. The smallest absolute Gasteiger partial charge is 0.381 e. The Morgan fingerprint density at radius 1 is 1.15 bits per heavy atom. The van der Waals surface area contributed by atoms with Crippen molar-refractivity contribution >= 4 is 5.91 Å². The summed E-state index contributed by atoms with van der Waals surface area (Å²) in [6, 6.07) is 0.747. The van der Waals surface area contributed by atoms with E-state index in [9.17, 15) is 31.1 Å². The first-order valence-corrected chi connectivity index (χ1v) is 11.3. The van der Waals surface area contributed by atoms with Gasteiger partial charge >= 0.3 is 12.4 Å². The van der Waals surface area contributed by atoms with Gasteiger partial charge in [-0.2, -0.15) is 26.3 Å². The SMILES string of the molecule is C=C(C(F)(F)F)[C@]1(C(=O)N2CCc3ncc(C(F)(F)F)cc3C2)CC[C@@H](NC2CCOCC2)C1. The lowest BCUT2D eigenvalue weighted by molar-refractivity contribution is -0.149. The Balaban J connectivity index is 1.56. The highest BCUT2D eigenvalue weighted by Crippen LogP contribution is 2.51. The highest BCUT2D eigenvalue weighted by Gasteiger charge is 2.56. The van der Waals surface area contributed by atoms with Gasteiger partial charge in [0.25, 0.3) is 0 Å². The van der Waals surface area contributed by atoms with Crippen LogP contribution in [0.1, 0.15) is 48.9 Å². The van der Waals surface area contributed by atoms with E-state index in [-0.39, 0.29) is 50.0 Å². The molecule has 3 aliphatic rings. The maximum atomic E-state index is 13.8. The van der Waals surface area contributed by atoms with Crippen LogP contribution in [0.2, 0.25) is 0 Å². The van der Waals surface area contributed by atoms with Crippen LogP contribution in [0.3, 0.4) is 0 Å². The number of nitrogens with one attached hydrogen (secondary N) is 1. The molecule has 0 aromatic carbocycles. The van der Waals surface area contributed by atoms with E-state index in [1.165, 1.54) is 4.90 Å². The molecular weight excluding hydrogens is 464 g/mol. The standard InChI is InChI=1S/C23H27F6N3O2/c1-14(22(24,25)26)21(6-2-18(11-21)31-17-4-8-34-9-5-17)20(33)32-7-3-19-15(13-32)10-16(12-30-19)23(27,28)29/h10,12,17-18,31H,1-9,11,13H2/t18-,21+/m1/s1. The zero-order valence-electron chi connectivity index (χ0n) is 18.6. The largest absolute Gasteiger partial charge is 0.417 e. The van der Waals surface area contributed by atoms with E-state index < -0.39 is 34.8 Å². The monoisotopic (exact) mass is 491 g/mol. The summed E-state index contributed by atoms with van der Waals surface area (Å²) in [7, 11) is 0. The van der Waals surface area contributed by atoms with Gasteiger partial charge in [0.2, 0.25) is 5.91 Å². The fourth-order valence-electron chi connectivity index (χ4n) is 5.31. The zero-order chi connectivity index (χ0) is 24.7. The molecule has 2 atom stereocenters. The lowest BCUT2D eigenvalue weighted by Crippen LogP contribution is -2.49. The van der Waals surface area contributed by atoms with Gasteiger partial charge in [-0.3, -0.25) is 9.78 Å². The highest BCUT2D eigenvalue weighted by atomic mass is 19.4. The summed E-state index contributed by atoms with van der Waals surface area (Å²) < 4.78 is 86.2. The van der Waals surface area contributed by atoms with E-state index in [4.69, 9.17) is 4.74 Å². The summed E-state index contributed by atoms with van der Waals surface area (Å²) in [4.78, 5) is 18.7. The van der Waals surface area contributed by atoms with Gasteiger partial charge in [0.1, 0.15) is 0 Å². The highest BCUT2D eigenvalue weighted by molar-refractivity contribution is 5.87. The Morgan fingerprint density at radius 2 is 1.85 bits per heavy atom. The molecule has 0 unspecified atom stereocenters. The topological polar surface area (TPSA) is 54.5 Å². The molecule has 2 fully saturated rings. The number of amides is 1. The Morgan fingerprint density at radius 3 is 2.50 bits per heavy atom. The van der Waals surface area contributed by atoms with Crippen molar-refractivity contribution in [3.8, 4) is 0 Å². The van der Waals surface area contributed by atoms with Crippen LogP contribution in [0.25, 0.3) is 0 Å². The van der Waals surface area contributed by atoms with Gasteiger partial charge in [0, 0.05) is 62.3 Å². The zero-order valence-corrected chi connectivity index (χ0v) is 18.6. The lowest BCUT2D eigenvalue weighted by atomic mass is 9.76. The third-order valence-electron chi connectivity index (χ3n) is 7.19. The number of pyridine rings is 1. The maximum Gasteiger partial charge on any atom is 0.417 e. The fourth-order valence-corrected chi connectivity index (χ4v) is 5.31. The van der Waals surface area contributed by atoms with Crippen molar-refractivity contribution in [2.75, 3.05) is 19.8 Å². The van der Waals surface area contributed by atoms with Crippen molar-refractivity contribution in [1.82, 2.24) is 15.2 Å². The van der Waals surface area contributed by atoms with Gasteiger partial charge in [0.05, 0.1) is 11.0 Å². The van der Waals surface area contributed by atoms with Crippen LogP contribution in [-0.2, 0) is 28.7 Å². The molecule has 1 saturated carbocycles. The van der Waals surface area contributed by atoms with Gasteiger partial charge in [-0.1, -0.05) is 6.58 Å². The molecule has 3 heterocycles. The number of carbonyl (C=O) groups is 1. The van der Waals surface area contributed by atoms with E-state index >= 15 is 0 Å². The first-order valence-electron chi connectivity index (χ1n) is 11.3. The van der Waals surface area contributed by atoms with Crippen LogP contribution in [0, 0.1) is 5.41 Å². The van der Waals surface area contributed by atoms with Crippen molar-refractivity contribution in [1.29, 1.82) is 0 Å². The molecule has 34 heavy (non-hydrogen) atoms. The van der Waals surface area contributed by atoms with Gasteiger partial charge < -0.3 is 15.0 Å². The number of alkyl halides is 6. The Kier molecular flexibility index (Phi) is 6.71. The van der Waals surface area contributed by atoms with Crippen LogP contribution >= 0.6 is 0 Å². The molecule has 0 bridgehead atoms. The van der Waals surface area contributed by atoms with Crippen LogP contribution in [-0.4, -0.2) is 53.8 Å². The quantitative estimate of drug-likeness (QED) is 0.501. The summed E-state index contributed by atoms with van der Waals surface area (Å²) in [5.74, 6) is -0.728. The average Bonchev–Trinajstić information content (AvgIpc) is 3.21. The lowest BCUT2D eigenvalue weighted by Gasteiger charge is -2.39. The molecule has 1 saturated heterocycles. The molecule has 1 amide bonds. The molecule has 5 nitrogen and oxygen atoms in total. The second-order valence-corrected chi connectivity index (χ2v) is 9.36. The van der Waals surface area contributed by atoms with E-state index in [0.29, 0.717) is 25.3 Å². The van der Waals surface area contributed by atoms with E-state index in [0.717, 1.165) is 25.1 Å². The van der Waals surface area contributed by atoms with E-state index in [1.807, 2.05) is 0 Å². The van der Waals surface area contributed by atoms with Crippen molar-refractivity contribution in [2.45, 2.75) is 69.5 Å². The molecule has 1 N–H and O–H groups in total. The summed E-state index contributed by atoms with van der Waals surface area (Å²) in [6.07, 6.45) is -6.64. The first-order chi connectivity index (χ1) is 15.9. The predicted octanol–water partition coefficient (Wildman–Crippen LogP) is 4.41. The molecule has 188 valence electrons. The molecule has 4 rings (SSSR count). The number of halogens is 6. The van der Waals surface area contributed by atoms with Crippen LogP contribution < -0.4 is 5.32 Å². The number of ether oxygens (including phenoxy) is 1. The molecule has 2 aliphatic heterocycles. The van der Waals surface area contributed by atoms with Gasteiger partial charge in [-0.05, 0) is 43.7 Å². The van der Waals surface area contributed by atoms with Crippen molar-refractivity contribution in [3.63, 3.8) is 0 Å². The van der Waals surface area contributed by atoms with E-state index in [1.54, 1.807) is 0 Å². The number of aromatic nitrogens is 1. The Bertz CT molecular complexity index is 942. The number of nitrogens with zero attached hydrogens (tertiary/aromatic N) is 2. The van der Waals surface area contributed by atoms with Crippen LogP contribution in [0.4, 0.5) is 26.3 Å². The third kappa shape index (κ3) is 4.95. The van der Waals surface area contributed by atoms with Crippen molar-refractivity contribution in [2.24, 2.45) is 5.41 Å². The van der Waals surface area contributed by atoms with Gasteiger partial charge in [-0.15, -0.1) is 0 Å². The average molecular weight is 491 g/mol. The molecule has 1 aromatic heterocycles. The predicted molar refractivity (Wildman–Crippen MR) is 111 cm³/mol. The number of rotatable bonds is 4. The summed E-state index contributed by atoms with van der Waals surface area (Å²) >= 11 is 0. The van der Waals surface area contributed by atoms with Crippen molar-refractivity contribution in [3.05, 3.63) is 41.2 Å². The number of fused-ring (bicyclic) bond motifs is 1. The minimum Gasteiger partial charge on any atom is -0.381 e. The number of hydrogen-bond acceptors (Lipinski definition) is 4. The molecule has 1 aromatic rings. The number of carbonyl (C=O) groups excluding carboxylic acids is 1. The summed E-state index contributed by atoms with van der Waals surface area (Å²) in [5.41, 5.74) is -3.25. The second kappa shape index (κ2) is 9.14. The molecule has 0 radical (unpaired) electrons. The van der Waals surface area contributed by atoms with Crippen LogP contribution in [0.15, 0.2) is 24.4 Å². The number of hydrogen-bond donors (Lipinski definition) is 1. The Hall–Kier alpha value is -2.14. The van der Waals surface area contributed by atoms with E-state index in [2.05, 4.69) is 16.9 Å². The molecular formula is C23H27F6N3O2. The fraction of sp³-hybridized carbons (Fsp3) is 0.652. The van der Waals surface area contributed by atoms with Crippen molar-refractivity contribution < 1.29 is 35.9 Å². The minimum absolute atomic E-state index is 0.0186. The van der Waals surface area contributed by atoms with Crippen LogP contribution in [0.5, 0.6) is 0 Å². The first kappa shape index (κ1) is 25.0. The second-order valence-electron chi connectivity index (χ2n) is 9.36. The van der Waals surface area contributed by atoms with Gasteiger partial charge in [-0.25, -0.2) is 0 Å². The minimum atomic E-state index is -4.76. The normalized spacial score (nSPS) is 26.4. The van der Waals surface area contributed by atoms with Gasteiger partial charge in [0.15, 0.2) is 0 Å². The summed E-state index contributed by atoms with van der Waals surface area (Å²) in [5, 5.41) is 3.38. The third-order valence-corrected chi connectivity index (χ3v) is 7.19. The maximum absolute atomic E-state index is 13.8. The Labute approximate surface area is 193 Å². The molecule has 1 aliphatic carbocycles.